The van der Waals surface area contributed by atoms with E-state index in [1.54, 1.807) is 0 Å². The Balaban J connectivity index is 1.87. The average molecular weight is 456 g/mol. The monoisotopic (exact) mass is 455 g/mol. The van der Waals surface area contributed by atoms with Gasteiger partial charge in [0.25, 0.3) is 18.4 Å². The fraction of sp³-hybridized carbons (Fsp3) is 0.400. The van der Waals surface area contributed by atoms with E-state index in [0.717, 1.165) is 0 Å². The normalized spacial score (nSPS) is 19.5. The molecular weight excluding hydrogens is 435 g/mol. The minimum absolute atomic E-state index is 0.00846. The predicted octanol–water partition coefficient (Wildman–Crippen LogP) is 4.04. The Morgan fingerprint density at radius 2 is 2.13 bits per heavy atom. The number of rotatable bonds is 7. The number of alkyl halides is 3. The molecule has 11 heteroatoms. The number of nitrogens with zero attached hydrogens (tertiary/aromatic N) is 3. The highest BCUT2D eigenvalue weighted by molar-refractivity contribution is 6.31. The molecule has 2 atom stereocenters. The zero-order valence-electron chi connectivity index (χ0n) is 16.6. The maximum atomic E-state index is 14.0. The van der Waals surface area contributed by atoms with Crippen LogP contribution in [0.25, 0.3) is 0 Å². The summed E-state index contributed by atoms with van der Waals surface area (Å²) in [6.45, 7) is 1.20. The van der Waals surface area contributed by atoms with Gasteiger partial charge in [-0.2, -0.15) is 0 Å². The number of nitrogens with two attached hydrogens (primary N) is 1. The standard InChI is InChI=1S/C20H21ClF3N5O2/c1-2-11(8-22)15-9-27-16(10-26-15)17(30)28-12-3-4-14(21)13(7-12)20(18(23)24)5-6-31-19(25)29-20/h3-4,7,9-11,18H,2,5-6,8H2,1H3,(H2,25,29)(H,28,30)/t11?,20-/m0/s1. The van der Waals surface area contributed by atoms with Gasteiger partial charge in [0.15, 0.2) is 5.54 Å². The number of benzene rings is 1. The van der Waals surface area contributed by atoms with E-state index >= 15 is 0 Å². The molecule has 0 saturated carbocycles. The number of ether oxygens (including phenoxy) is 1. The third kappa shape index (κ3) is 4.73. The zero-order valence-corrected chi connectivity index (χ0v) is 17.4. The van der Waals surface area contributed by atoms with Gasteiger partial charge >= 0.3 is 0 Å². The number of amidine groups is 1. The summed E-state index contributed by atoms with van der Waals surface area (Å²) in [4.78, 5) is 24.5. The first kappa shape index (κ1) is 22.8. The van der Waals surface area contributed by atoms with Crippen LogP contribution in [-0.4, -0.2) is 41.6 Å². The molecular formula is C20H21ClF3N5O2. The molecule has 1 aromatic carbocycles. The zero-order chi connectivity index (χ0) is 22.6. The summed E-state index contributed by atoms with van der Waals surface area (Å²) in [5, 5.41) is 2.63. The highest BCUT2D eigenvalue weighted by Crippen LogP contribution is 2.42. The molecule has 3 N–H and O–H groups in total. The lowest BCUT2D eigenvalue weighted by molar-refractivity contribution is 0.0267. The Labute approximate surface area is 181 Å². The highest BCUT2D eigenvalue weighted by atomic mass is 35.5. The molecule has 2 heterocycles. The van der Waals surface area contributed by atoms with Crippen molar-refractivity contribution in [2.45, 2.75) is 37.6 Å². The molecule has 1 aromatic heterocycles. The van der Waals surface area contributed by atoms with Crippen molar-refractivity contribution in [2.75, 3.05) is 18.6 Å². The average Bonchev–Trinajstić information content (AvgIpc) is 2.76. The van der Waals surface area contributed by atoms with Gasteiger partial charge in [0, 0.05) is 34.8 Å². The smallest absolute Gasteiger partial charge is 0.283 e. The van der Waals surface area contributed by atoms with Crippen LogP contribution in [-0.2, 0) is 10.3 Å². The first-order valence-corrected chi connectivity index (χ1v) is 9.94. The van der Waals surface area contributed by atoms with E-state index in [4.69, 9.17) is 22.1 Å². The number of carbonyl (C=O) groups excluding carboxylic acids is 1. The highest BCUT2D eigenvalue weighted by Gasteiger charge is 2.45. The minimum Gasteiger partial charge on any atom is -0.465 e. The Morgan fingerprint density at radius 1 is 1.35 bits per heavy atom. The molecule has 1 aliphatic rings. The predicted molar refractivity (Wildman–Crippen MR) is 110 cm³/mol. The van der Waals surface area contributed by atoms with Crippen LogP contribution in [0.3, 0.4) is 0 Å². The SMILES string of the molecule is CCC(CF)c1cnc(C(=O)Nc2ccc(Cl)c([C@]3(C(F)F)CCOC(N)=N3)c2)cn1. The Bertz CT molecular complexity index is 970. The summed E-state index contributed by atoms with van der Waals surface area (Å²) in [5.74, 6) is -0.997. The molecule has 0 spiro atoms. The lowest BCUT2D eigenvalue weighted by Crippen LogP contribution is -2.41. The number of hydrogen-bond acceptors (Lipinski definition) is 6. The first-order valence-electron chi connectivity index (χ1n) is 9.56. The van der Waals surface area contributed by atoms with E-state index in [1.165, 1.54) is 30.6 Å². The number of aliphatic imine (C=N–C) groups is 1. The third-order valence-corrected chi connectivity index (χ3v) is 5.43. The summed E-state index contributed by atoms with van der Waals surface area (Å²) in [5.41, 5.74) is 4.21. The summed E-state index contributed by atoms with van der Waals surface area (Å²) in [7, 11) is 0. The fourth-order valence-corrected chi connectivity index (χ4v) is 3.54. The fourth-order valence-electron chi connectivity index (χ4n) is 3.26. The summed E-state index contributed by atoms with van der Waals surface area (Å²) >= 11 is 6.19. The van der Waals surface area contributed by atoms with E-state index in [-0.39, 0.29) is 46.9 Å². The molecule has 0 aliphatic carbocycles. The summed E-state index contributed by atoms with van der Waals surface area (Å²) < 4.78 is 46.0. The van der Waals surface area contributed by atoms with E-state index in [1.807, 2.05) is 6.92 Å². The lowest BCUT2D eigenvalue weighted by atomic mass is 9.86. The van der Waals surface area contributed by atoms with Crippen molar-refractivity contribution < 1.29 is 22.7 Å². The molecule has 1 aliphatic heterocycles. The second-order valence-corrected chi connectivity index (χ2v) is 7.42. The maximum Gasteiger partial charge on any atom is 0.283 e. The van der Waals surface area contributed by atoms with Crippen molar-refractivity contribution in [1.82, 2.24) is 9.97 Å². The second-order valence-electron chi connectivity index (χ2n) is 7.01. The van der Waals surface area contributed by atoms with Crippen LogP contribution < -0.4 is 11.1 Å². The van der Waals surface area contributed by atoms with Crippen molar-refractivity contribution in [2.24, 2.45) is 10.7 Å². The van der Waals surface area contributed by atoms with Crippen molar-refractivity contribution in [1.29, 1.82) is 0 Å². The van der Waals surface area contributed by atoms with Gasteiger partial charge in [-0.05, 0) is 24.6 Å². The van der Waals surface area contributed by atoms with Gasteiger partial charge in [0.1, 0.15) is 5.69 Å². The van der Waals surface area contributed by atoms with Crippen molar-refractivity contribution in [3.63, 3.8) is 0 Å². The molecule has 166 valence electrons. The Kier molecular flexibility index (Phi) is 6.99. The van der Waals surface area contributed by atoms with Gasteiger partial charge in [-0.15, -0.1) is 0 Å². The minimum atomic E-state index is -2.90. The molecule has 0 fully saturated rings. The molecule has 0 saturated heterocycles. The number of anilines is 1. The third-order valence-electron chi connectivity index (χ3n) is 5.10. The van der Waals surface area contributed by atoms with Crippen LogP contribution in [0, 0.1) is 0 Å². The largest absolute Gasteiger partial charge is 0.465 e. The molecule has 1 unspecified atom stereocenters. The second kappa shape index (κ2) is 9.51. The molecule has 3 rings (SSSR count). The van der Waals surface area contributed by atoms with Crippen LogP contribution in [0.1, 0.15) is 47.4 Å². The van der Waals surface area contributed by atoms with E-state index < -0.39 is 24.5 Å². The van der Waals surface area contributed by atoms with Gasteiger partial charge in [0.2, 0.25) is 0 Å². The summed E-state index contributed by atoms with van der Waals surface area (Å²) in [6, 6.07) is 3.82. The quantitative estimate of drug-likeness (QED) is 0.656. The van der Waals surface area contributed by atoms with Gasteiger partial charge in [-0.25, -0.2) is 18.8 Å². The van der Waals surface area contributed by atoms with Crippen LogP contribution in [0.15, 0.2) is 35.6 Å². The van der Waals surface area contributed by atoms with Gasteiger partial charge in [-0.1, -0.05) is 18.5 Å². The topological polar surface area (TPSA) is 102 Å². The number of nitrogens with one attached hydrogen (secondary N) is 1. The van der Waals surface area contributed by atoms with Crippen molar-refractivity contribution in [3.8, 4) is 0 Å². The maximum absolute atomic E-state index is 14.0. The van der Waals surface area contributed by atoms with Crippen LogP contribution in [0.2, 0.25) is 5.02 Å². The Hall–Kier alpha value is -2.88. The molecule has 7 nitrogen and oxygen atoms in total. The molecule has 2 aromatic rings. The first-order chi connectivity index (χ1) is 14.8. The van der Waals surface area contributed by atoms with Gasteiger partial charge in [0.05, 0.1) is 25.2 Å². The van der Waals surface area contributed by atoms with Crippen molar-refractivity contribution >= 4 is 29.2 Å². The number of hydrogen-bond donors (Lipinski definition) is 2. The van der Waals surface area contributed by atoms with Crippen LogP contribution in [0.5, 0.6) is 0 Å². The Morgan fingerprint density at radius 3 is 2.71 bits per heavy atom. The van der Waals surface area contributed by atoms with E-state index in [0.29, 0.717) is 12.1 Å². The molecule has 1 amide bonds. The van der Waals surface area contributed by atoms with Gasteiger partial charge < -0.3 is 15.8 Å². The number of halogens is 4. The number of amides is 1. The number of aromatic nitrogens is 2. The lowest BCUT2D eigenvalue weighted by Gasteiger charge is -2.33. The summed E-state index contributed by atoms with van der Waals surface area (Å²) in [6.07, 6.45) is 0.0981. The molecule has 0 bridgehead atoms. The molecule has 0 radical (unpaired) electrons. The van der Waals surface area contributed by atoms with Crippen LogP contribution in [0.4, 0.5) is 18.9 Å². The van der Waals surface area contributed by atoms with Crippen LogP contribution >= 0.6 is 11.6 Å². The van der Waals surface area contributed by atoms with E-state index in [2.05, 4.69) is 20.3 Å². The van der Waals surface area contributed by atoms with E-state index in [9.17, 15) is 18.0 Å². The molecule has 31 heavy (non-hydrogen) atoms. The van der Waals surface area contributed by atoms with Gasteiger partial charge in [-0.3, -0.25) is 14.2 Å². The number of carbonyl (C=O) groups is 1. The van der Waals surface area contributed by atoms with Crippen molar-refractivity contribution in [3.05, 3.63) is 52.6 Å².